The Kier molecular flexibility index (Phi) is 7.59. The molecule has 0 saturated carbocycles. The van der Waals surface area contributed by atoms with Crippen molar-refractivity contribution in [3.8, 4) is 5.75 Å². The molecule has 6 nitrogen and oxygen atoms in total. The molecule has 2 aromatic rings. The van der Waals surface area contributed by atoms with Gasteiger partial charge in [-0.25, -0.2) is 9.59 Å². The van der Waals surface area contributed by atoms with Crippen LogP contribution in [0.25, 0.3) is 6.08 Å². The molecule has 1 unspecified atom stereocenters. The van der Waals surface area contributed by atoms with Crippen LogP contribution < -0.4 is 15.4 Å². The van der Waals surface area contributed by atoms with E-state index in [0.29, 0.717) is 26.6 Å². The second kappa shape index (κ2) is 10.4. The summed E-state index contributed by atoms with van der Waals surface area (Å²) in [6.07, 6.45) is 3.05. The van der Waals surface area contributed by atoms with E-state index in [-0.39, 0.29) is 6.61 Å². The zero-order valence-corrected chi connectivity index (χ0v) is 19.4. The molecular formula is C23H21BrN2O4S. The Bertz CT molecular complexity index is 1070. The van der Waals surface area contributed by atoms with Crippen LogP contribution in [0.4, 0.5) is 0 Å². The van der Waals surface area contributed by atoms with Gasteiger partial charge in [0.25, 0.3) is 0 Å². The number of halogens is 1. The largest absolute Gasteiger partial charge is 0.463 e. The smallest absolute Gasteiger partial charge is 0.338 e. The molecule has 0 amide bonds. The van der Waals surface area contributed by atoms with Gasteiger partial charge in [-0.05, 0) is 71.3 Å². The van der Waals surface area contributed by atoms with Crippen LogP contribution in [0.15, 0.2) is 70.3 Å². The second-order valence-corrected chi connectivity index (χ2v) is 7.91. The summed E-state index contributed by atoms with van der Waals surface area (Å²) in [6, 6.07) is 14.2. The Hall–Kier alpha value is -2.97. The zero-order chi connectivity index (χ0) is 22.4. The van der Waals surface area contributed by atoms with Gasteiger partial charge >= 0.3 is 11.9 Å². The van der Waals surface area contributed by atoms with E-state index in [1.165, 1.54) is 6.08 Å². The molecule has 3 rings (SSSR count). The van der Waals surface area contributed by atoms with Crippen molar-refractivity contribution < 1.29 is 19.1 Å². The van der Waals surface area contributed by atoms with Gasteiger partial charge in [0, 0.05) is 11.8 Å². The minimum Gasteiger partial charge on any atom is -0.463 e. The van der Waals surface area contributed by atoms with E-state index in [0.717, 1.165) is 11.1 Å². The van der Waals surface area contributed by atoms with Crippen LogP contribution in [-0.2, 0) is 14.3 Å². The summed E-state index contributed by atoms with van der Waals surface area (Å²) in [4.78, 5) is 24.7. The summed E-state index contributed by atoms with van der Waals surface area (Å²) in [6.45, 7) is 3.79. The van der Waals surface area contributed by atoms with E-state index in [4.69, 9.17) is 21.7 Å². The minimum absolute atomic E-state index is 0.266. The molecule has 8 heteroatoms. The number of benzene rings is 2. The van der Waals surface area contributed by atoms with Crippen molar-refractivity contribution in [1.82, 2.24) is 10.6 Å². The van der Waals surface area contributed by atoms with Gasteiger partial charge in [0.15, 0.2) is 5.11 Å². The van der Waals surface area contributed by atoms with Gasteiger partial charge in [-0.1, -0.05) is 36.4 Å². The molecule has 0 aromatic heterocycles. The molecule has 0 spiro atoms. The molecule has 1 aliphatic heterocycles. The Morgan fingerprint density at radius 3 is 2.61 bits per heavy atom. The molecule has 160 valence electrons. The molecule has 0 aliphatic carbocycles. The molecule has 0 fully saturated rings. The lowest BCUT2D eigenvalue weighted by atomic mass is 9.95. The molecule has 1 heterocycles. The van der Waals surface area contributed by atoms with Gasteiger partial charge in [0.05, 0.1) is 22.7 Å². The van der Waals surface area contributed by atoms with Gasteiger partial charge in [0.1, 0.15) is 5.75 Å². The number of carbonyl (C=O) groups excluding carboxylic acids is 2. The minimum atomic E-state index is -0.499. The summed E-state index contributed by atoms with van der Waals surface area (Å²) >= 11 is 8.70. The Morgan fingerprint density at radius 2 is 1.94 bits per heavy atom. The maximum absolute atomic E-state index is 12.5. The first-order valence-electron chi connectivity index (χ1n) is 9.58. The predicted octanol–water partition coefficient (Wildman–Crippen LogP) is 4.42. The van der Waals surface area contributed by atoms with E-state index in [1.807, 2.05) is 30.3 Å². The van der Waals surface area contributed by atoms with E-state index >= 15 is 0 Å². The van der Waals surface area contributed by atoms with Gasteiger partial charge in [-0.2, -0.15) is 0 Å². The molecular weight excluding hydrogens is 480 g/mol. The van der Waals surface area contributed by atoms with E-state index in [9.17, 15) is 9.59 Å². The van der Waals surface area contributed by atoms with E-state index < -0.39 is 18.0 Å². The molecule has 1 aliphatic rings. The Balaban J connectivity index is 1.80. The second-order valence-electron chi connectivity index (χ2n) is 6.65. The summed E-state index contributed by atoms with van der Waals surface area (Å²) in [7, 11) is 0. The highest BCUT2D eigenvalue weighted by Gasteiger charge is 2.31. The summed E-state index contributed by atoms with van der Waals surface area (Å²) in [5.41, 5.74) is 2.73. The summed E-state index contributed by atoms with van der Waals surface area (Å²) < 4.78 is 11.2. The van der Waals surface area contributed by atoms with Crippen molar-refractivity contribution in [2.75, 3.05) is 6.61 Å². The number of hydrogen-bond donors (Lipinski definition) is 2. The highest BCUT2D eigenvalue weighted by Crippen LogP contribution is 2.33. The van der Waals surface area contributed by atoms with E-state index in [2.05, 4.69) is 26.6 Å². The standard InChI is InChI=1S/C23H21BrN2O4S/c1-3-29-22(28)20-14(2)25-23(31)26-21(20)16-10-11-18(17(24)13-16)30-19(27)12-9-15-7-5-4-6-8-15/h4-13,21H,3H2,1-2H3,(H2,25,26,31)/b12-9+. The van der Waals surface area contributed by atoms with Crippen molar-refractivity contribution in [3.05, 3.63) is 81.5 Å². The third kappa shape index (κ3) is 5.80. The molecule has 0 bridgehead atoms. The Morgan fingerprint density at radius 1 is 1.19 bits per heavy atom. The van der Waals surface area contributed by atoms with Crippen LogP contribution in [0.5, 0.6) is 5.75 Å². The number of ether oxygens (including phenoxy) is 2. The average molecular weight is 501 g/mol. The lowest BCUT2D eigenvalue weighted by molar-refractivity contribution is -0.139. The van der Waals surface area contributed by atoms with Gasteiger partial charge in [-0.3, -0.25) is 0 Å². The quantitative estimate of drug-likeness (QED) is 0.263. The van der Waals surface area contributed by atoms with Crippen LogP contribution in [-0.4, -0.2) is 23.7 Å². The molecule has 1 atom stereocenters. The summed E-state index contributed by atoms with van der Waals surface area (Å²) in [5.74, 6) is -0.562. The normalized spacial score (nSPS) is 16.0. The average Bonchev–Trinajstić information content (AvgIpc) is 2.74. The van der Waals surface area contributed by atoms with Crippen molar-refractivity contribution >= 4 is 51.3 Å². The number of thiocarbonyl (C=S) groups is 1. The topological polar surface area (TPSA) is 76.7 Å². The SMILES string of the molecule is CCOC(=O)C1=C(C)NC(=S)NC1c1ccc(OC(=O)/C=C/c2ccccc2)c(Br)c1. The molecule has 2 aromatic carbocycles. The first kappa shape index (κ1) is 22.7. The first-order valence-corrected chi connectivity index (χ1v) is 10.8. The van der Waals surface area contributed by atoms with E-state index in [1.54, 1.807) is 38.1 Å². The Labute approximate surface area is 194 Å². The van der Waals surface area contributed by atoms with Crippen LogP contribution in [0.2, 0.25) is 0 Å². The zero-order valence-electron chi connectivity index (χ0n) is 17.0. The van der Waals surface area contributed by atoms with Gasteiger partial charge in [-0.15, -0.1) is 0 Å². The third-order valence-corrected chi connectivity index (χ3v) is 5.32. The molecule has 0 saturated heterocycles. The van der Waals surface area contributed by atoms with Crippen molar-refractivity contribution in [2.24, 2.45) is 0 Å². The first-order chi connectivity index (χ1) is 14.9. The van der Waals surface area contributed by atoms with Crippen molar-refractivity contribution in [2.45, 2.75) is 19.9 Å². The van der Waals surface area contributed by atoms with Crippen molar-refractivity contribution in [3.63, 3.8) is 0 Å². The molecule has 0 radical (unpaired) electrons. The monoisotopic (exact) mass is 500 g/mol. The number of hydrogen-bond acceptors (Lipinski definition) is 5. The number of nitrogens with one attached hydrogen (secondary N) is 2. The van der Waals surface area contributed by atoms with Crippen LogP contribution >= 0.6 is 28.1 Å². The fourth-order valence-electron chi connectivity index (χ4n) is 3.07. The lowest BCUT2D eigenvalue weighted by Gasteiger charge is -2.30. The third-order valence-electron chi connectivity index (χ3n) is 4.48. The highest BCUT2D eigenvalue weighted by atomic mass is 79.9. The number of allylic oxidation sites excluding steroid dienone is 1. The van der Waals surface area contributed by atoms with Crippen molar-refractivity contribution in [1.29, 1.82) is 0 Å². The summed E-state index contributed by atoms with van der Waals surface area (Å²) in [5, 5.41) is 6.47. The van der Waals surface area contributed by atoms with Gasteiger partial charge in [0.2, 0.25) is 0 Å². The van der Waals surface area contributed by atoms with Crippen LogP contribution in [0.3, 0.4) is 0 Å². The highest BCUT2D eigenvalue weighted by molar-refractivity contribution is 9.10. The molecule has 2 N–H and O–H groups in total. The fraction of sp³-hybridized carbons (Fsp3) is 0.174. The number of carbonyl (C=O) groups is 2. The predicted molar refractivity (Wildman–Crippen MR) is 126 cm³/mol. The lowest BCUT2D eigenvalue weighted by Crippen LogP contribution is -2.45. The maximum Gasteiger partial charge on any atom is 0.338 e. The van der Waals surface area contributed by atoms with Crippen LogP contribution in [0.1, 0.15) is 31.0 Å². The van der Waals surface area contributed by atoms with Crippen LogP contribution in [0, 0.1) is 0 Å². The molecule has 31 heavy (non-hydrogen) atoms. The maximum atomic E-state index is 12.5. The number of rotatable bonds is 6. The van der Waals surface area contributed by atoms with Gasteiger partial charge < -0.3 is 20.1 Å². The fourth-order valence-corrected chi connectivity index (χ4v) is 3.82. The number of esters is 2.